The van der Waals surface area contributed by atoms with Crippen LogP contribution in [0.15, 0.2) is 41.9 Å². The second-order valence-corrected chi connectivity index (χ2v) is 7.77. The Labute approximate surface area is 179 Å². The Balaban J connectivity index is 0.000000447. The lowest BCUT2D eigenvalue weighted by Gasteiger charge is -2.33. The Morgan fingerprint density at radius 2 is 1.72 bits per heavy atom. The number of hydrogen-bond acceptors (Lipinski definition) is 3. The monoisotopic (exact) mass is 401 g/mol. The molecule has 1 aliphatic rings. The van der Waals surface area contributed by atoms with E-state index in [0.717, 1.165) is 25.1 Å². The Morgan fingerprint density at radius 3 is 2.24 bits per heavy atom. The van der Waals surface area contributed by atoms with Crippen molar-refractivity contribution >= 4 is 6.08 Å². The van der Waals surface area contributed by atoms with Gasteiger partial charge in [-0.25, -0.2) is 0 Å². The zero-order valence-electron chi connectivity index (χ0n) is 19.7. The van der Waals surface area contributed by atoms with Crippen LogP contribution in [0.5, 0.6) is 0 Å². The zero-order chi connectivity index (χ0) is 21.5. The van der Waals surface area contributed by atoms with Crippen molar-refractivity contribution in [2.75, 3.05) is 20.2 Å². The Hall–Kier alpha value is -1.81. The molecule has 0 aliphatic carbocycles. The second kappa shape index (κ2) is 15.1. The van der Waals surface area contributed by atoms with Gasteiger partial charge in [-0.2, -0.15) is 5.10 Å². The molecule has 4 nitrogen and oxygen atoms in total. The predicted octanol–water partition coefficient (Wildman–Crippen LogP) is 6.37. The first-order chi connectivity index (χ1) is 14.0. The fourth-order valence-electron chi connectivity index (χ4n) is 3.53. The highest BCUT2D eigenvalue weighted by Gasteiger charge is 2.22. The van der Waals surface area contributed by atoms with Crippen LogP contribution in [-0.2, 0) is 11.8 Å². The molecular formula is C25H43N3O. The molecule has 1 aliphatic heterocycles. The van der Waals surface area contributed by atoms with E-state index in [0.29, 0.717) is 0 Å². The highest BCUT2D eigenvalue weighted by molar-refractivity contribution is 5.53. The summed E-state index contributed by atoms with van der Waals surface area (Å²) >= 11 is 0. The minimum Gasteiger partial charge on any atom is -0.376 e. The van der Waals surface area contributed by atoms with Gasteiger partial charge in [0.05, 0.1) is 12.3 Å². The van der Waals surface area contributed by atoms with Crippen LogP contribution >= 0.6 is 0 Å². The van der Waals surface area contributed by atoms with Crippen LogP contribution in [0.3, 0.4) is 0 Å². The van der Waals surface area contributed by atoms with Gasteiger partial charge >= 0.3 is 0 Å². The van der Waals surface area contributed by atoms with E-state index in [1.54, 1.807) is 0 Å². The largest absolute Gasteiger partial charge is 0.376 e. The lowest BCUT2D eigenvalue weighted by Crippen LogP contribution is -2.35. The van der Waals surface area contributed by atoms with Crippen LogP contribution in [0.4, 0.5) is 0 Å². The summed E-state index contributed by atoms with van der Waals surface area (Å²) in [4.78, 5) is 2.27. The molecule has 0 saturated carbocycles. The van der Waals surface area contributed by atoms with Crippen LogP contribution in [0.2, 0.25) is 0 Å². The van der Waals surface area contributed by atoms with Crippen LogP contribution in [-0.4, -0.2) is 41.0 Å². The van der Waals surface area contributed by atoms with Crippen LogP contribution in [0.25, 0.3) is 6.08 Å². The molecule has 0 bridgehead atoms. The molecule has 0 N–H and O–H groups in total. The molecule has 0 aromatic carbocycles. The normalized spacial score (nSPS) is 17.3. The van der Waals surface area contributed by atoms with Crippen molar-refractivity contribution in [3.63, 3.8) is 0 Å². The van der Waals surface area contributed by atoms with Gasteiger partial charge in [-0.1, -0.05) is 70.6 Å². The van der Waals surface area contributed by atoms with Gasteiger partial charge < -0.3 is 9.64 Å². The van der Waals surface area contributed by atoms with Crippen molar-refractivity contribution in [3.05, 3.63) is 47.5 Å². The molecule has 2 heterocycles. The fourth-order valence-corrected chi connectivity index (χ4v) is 3.53. The Bertz CT molecular complexity index is 636. The van der Waals surface area contributed by atoms with E-state index >= 15 is 0 Å². The zero-order valence-corrected chi connectivity index (χ0v) is 19.7. The molecule has 0 saturated heterocycles. The van der Waals surface area contributed by atoms with Crippen LogP contribution < -0.4 is 0 Å². The van der Waals surface area contributed by atoms with Crippen molar-refractivity contribution in [1.29, 1.82) is 0 Å². The van der Waals surface area contributed by atoms with Gasteiger partial charge in [-0.05, 0) is 25.5 Å². The number of aromatic nitrogens is 2. The molecule has 29 heavy (non-hydrogen) atoms. The molecule has 0 spiro atoms. The molecule has 1 atom stereocenters. The summed E-state index contributed by atoms with van der Waals surface area (Å²) in [5.41, 5.74) is 3.70. The molecule has 1 aromatic heterocycles. The van der Waals surface area contributed by atoms with E-state index < -0.39 is 0 Å². The second-order valence-electron chi connectivity index (χ2n) is 7.77. The average Bonchev–Trinajstić information content (AvgIpc) is 3.12. The topological polar surface area (TPSA) is 30.3 Å². The van der Waals surface area contributed by atoms with Gasteiger partial charge in [0.25, 0.3) is 0 Å². The van der Waals surface area contributed by atoms with E-state index in [9.17, 15) is 0 Å². The van der Waals surface area contributed by atoms with E-state index in [1.807, 2.05) is 24.1 Å². The third-order valence-electron chi connectivity index (χ3n) is 5.05. The van der Waals surface area contributed by atoms with Gasteiger partial charge in [0.15, 0.2) is 0 Å². The maximum absolute atomic E-state index is 5.82. The molecular weight excluding hydrogens is 358 g/mol. The quantitative estimate of drug-likeness (QED) is 0.427. The highest BCUT2D eigenvalue weighted by atomic mass is 16.5. The highest BCUT2D eigenvalue weighted by Crippen LogP contribution is 2.25. The number of ether oxygens (including phenoxy) is 1. The predicted molar refractivity (Wildman–Crippen MR) is 126 cm³/mol. The molecule has 2 rings (SSSR count). The van der Waals surface area contributed by atoms with Crippen molar-refractivity contribution < 1.29 is 4.74 Å². The molecule has 1 aromatic rings. The van der Waals surface area contributed by atoms with Gasteiger partial charge in [0.2, 0.25) is 0 Å². The lowest BCUT2D eigenvalue weighted by atomic mass is 9.98. The molecule has 164 valence electrons. The molecule has 1 unspecified atom stereocenters. The minimum absolute atomic E-state index is 0.266. The number of aryl methyl sites for hydroxylation is 1. The van der Waals surface area contributed by atoms with E-state index in [-0.39, 0.29) is 6.10 Å². The molecule has 4 heteroatoms. The number of unbranched alkanes of at least 4 members (excludes halogenated alkanes) is 5. The van der Waals surface area contributed by atoms with Gasteiger partial charge in [-0.3, -0.25) is 4.68 Å². The summed E-state index contributed by atoms with van der Waals surface area (Å²) in [5, 5.41) is 4.20. The summed E-state index contributed by atoms with van der Waals surface area (Å²) in [6.45, 7) is 10.3. The van der Waals surface area contributed by atoms with Crippen LogP contribution in [0.1, 0.15) is 78.2 Å². The Kier molecular flexibility index (Phi) is 13.1. The molecule has 0 amide bonds. The van der Waals surface area contributed by atoms with Crippen LogP contribution in [0, 0.1) is 0 Å². The number of allylic oxidation sites excluding steroid dienone is 3. The lowest BCUT2D eigenvalue weighted by molar-refractivity contribution is 0.0399. The Morgan fingerprint density at radius 1 is 1.03 bits per heavy atom. The summed E-state index contributed by atoms with van der Waals surface area (Å²) in [5.74, 6) is 0. The smallest absolute Gasteiger partial charge is 0.0790 e. The van der Waals surface area contributed by atoms with Gasteiger partial charge in [0, 0.05) is 51.1 Å². The first-order valence-corrected chi connectivity index (χ1v) is 11.4. The maximum Gasteiger partial charge on any atom is 0.0790 e. The third-order valence-corrected chi connectivity index (χ3v) is 5.05. The minimum atomic E-state index is 0.266. The number of rotatable bonds is 10. The summed E-state index contributed by atoms with van der Waals surface area (Å²) in [6.07, 6.45) is 22.2. The van der Waals surface area contributed by atoms with Crippen molar-refractivity contribution in [2.24, 2.45) is 7.05 Å². The van der Waals surface area contributed by atoms with Crippen molar-refractivity contribution in [2.45, 2.75) is 78.7 Å². The maximum atomic E-state index is 5.82. The van der Waals surface area contributed by atoms with E-state index in [2.05, 4.69) is 69.0 Å². The SMILES string of the molecule is C/C=C\C1=C(/C=C/c2cnn(C)c2)CC(OCC)CN1C.CCCCCCCC. The van der Waals surface area contributed by atoms with Gasteiger partial charge in [0.1, 0.15) is 0 Å². The summed E-state index contributed by atoms with van der Waals surface area (Å²) in [7, 11) is 4.06. The summed E-state index contributed by atoms with van der Waals surface area (Å²) < 4.78 is 7.63. The third kappa shape index (κ3) is 9.98. The molecule has 0 radical (unpaired) electrons. The van der Waals surface area contributed by atoms with Crippen molar-refractivity contribution in [3.8, 4) is 0 Å². The molecule has 0 fully saturated rings. The van der Waals surface area contributed by atoms with E-state index in [1.165, 1.54) is 49.8 Å². The fraction of sp³-hybridized carbons (Fsp3) is 0.640. The number of likely N-dealkylation sites (N-methyl/N-ethyl adjacent to an activating group) is 1. The summed E-state index contributed by atoms with van der Waals surface area (Å²) in [6, 6.07) is 0. The first kappa shape index (κ1) is 25.2. The standard InChI is InChI=1S/C17H25N3O.C8H18/c1-5-7-17-15(9-8-14-11-18-20(4)12-14)10-16(21-6-2)13-19(17)3;1-3-5-7-8-6-4-2/h5,7-9,11-12,16H,6,10,13H2,1-4H3;3-8H2,1-2H3/b7-5-,9-8+;. The van der Waals surface area contributed by atoms with Crippen molar-refractivity contribution in [1.82, 2.24) is 14.7 Å². The number of hydrogen-bond donors (Lipinski definition) is 0. The number of nitrogens with zero attached hydrogens (tertiary/aromatic N) is 3. The average molecular weight is 402 g/mol. The van der Waals surface area contributed by atoms with Gasteiger partial charge in [-0.15, -0.1) is 0 Å². The van der Waals surface area contributed by atoms with E-state index in [4.69, 9.17) is 4.74 Å². The first-order valence-electron chi connectivity index (χ1n) is 11.4.